The zero-order valence-electron chi connectivity index (χ0n) is 9.35. The number of hydrogen-bond acceptors (Lipinski definition) is 3. The van der Waals surface area contributed by atoms with Gasteiger partial charge in [-0.3, -0.25) is 0 Å². The van der Waals surface area contributed by atoms with Crippen LogP contribution in [0.3, 0.4) is 0 Å². The quantitative estimate of drug-likeness (QED) is 0.895. The average Bonchev–Trinajstić information content (AvgIpc) is 2.59. The minimum absolute atomic E-state index is 0.549. The van der Waals surface area contributed by atoms with Crippen LogP contribution >= 0.6 is 31.9 Å². The molecule has 0 saturated carbocycles. The van der Waals surface area contributed by atoms with E-state index in [1.807, 2.05) is 24.3 Å². The molecule has 2 rings (SSSR count). The van der Waals surface area contributed by atoms with Gasteiger partial charge in [-0.25, -0.2) is 4.68 Å². The molecule has 0 radical (unpaired) electrons. The van der Waals surface area contributed by atoms with Crippen LogP contribution in [0.1, 0.15) is 18.2 Å². The Morgan fingerprint density at radius 1 is 1.24 bits per heavy atom. The first-order valence-corrected chi connectivity index (χ1v) is 6.55. The summed E-state index contributed by atoms with van der Waals surface area (Å²) in [6, 6.07) is 7.51. The highest BCUT2D eigenvalue weighted by molar-refractivity contribution is 9.10. The molecular formula is C11H11Br2N3O. The van der Waals surface area contributed by atoms with Crippen LogP contribution in [0.2, 0.25) is 0 Å². The fourth-order valence-electron chi connectivity index (χ4n) is 1.76. The van der Waals surface area contributed by atoms with E-state index >= 15 is 0 Å². The number of aromatic nitrogens is 3. The summed E-state index contributed by atoms with van der Waals surface area (Å²) in [5.41, 5.74) is 0.268. The van der Waals surface area contributed by atoms with Crippen molar-refractivity contribution in [1.29, 1.82) is 0 Å². The van der Waals surface area contributed by atoms with E-state index in [4.69, 9.17) is 0 Å². The first kappa shape index (κ1) is 12.7. The third-order valence-electron chi connectivity index (χ3n) is 2.65. The molecule has 2 aromatic rings. The van der Waals surface area contributed by atoms with Gasteiger partial charge in [0.15, 0.2) is 4.60 Å². The van der Waals surface area contributed by atoms with Crippen molar-refractivity contribution < 1.29 is 5.11 Å². The van der Waals surface area contributed by atoms with Crippen LogP contribution in [0, 0.1) is 0 Å². The van der Waals surface area contributed by atoms with Gasteiger partial charge in [-0.1, -0.05) is 33.3 Å². The normalized spacial score (nSPS) is 14.6. The Labute approximate surface area is 116 Å². The lowest BCUT2D eigenvalue weighted by Gasteiger charge is -2.24. The van der Waals surface area contributed by atoms with Gasteiger partial charge in [0.1, 0.15) is 11.3 Å². The van der Waals surface area contributed by atoms with E-state index in [1.54, 1.807) is 18.7 Å². The van der Waals surface area contributed by atoms with E-state index in [1.165, 1.54) is 0 Å². The van der Waals surface area contributed by atoms with Crippen molar-refractivity contribution in [2.24, 2.45) is 7.05 Å². The van der Waals surface area contributed by atoms with E-state index in [9.17, 15) is 5.11 Å². The lowest BCUT2D eigenvalue weighted by molar-refractivity contribution is 0.0921. The molecule has 1 N–H and O–H groups in total. The molecule has 0 aliphatic heterocycles. The minimum atomic E-state index is -1.14. The van der Waals surface area contributed by atoms with Crippen LogP contribution in [0.4, 0.5) is 0 Å². The van der Waals surface area contributed by atoms with Crippen LogP contribution in [-0.4, -0.2) is 20.1 Å². The second-order valence-electron chi connectivity index (χ2n) is 3.93. The Morgan fingerprint density at radius 3 is 2.29 bits per heavy atom. The first-order chi connectivity index (χ1) is 7.93. The van der Waals surface area contributed by atoms with Gasteiger partial charge in [0, 0.05) is 11.5 Å². The summed E-state index contributed by atoms with van der Waals surface area (Å²) < 4.78 is 3.08. The first-order valence-electron chi connectivity index (χ1n) is 4.97. The number of nitrogens with zero attached hydrogens (tertiary/aromatic N) is 3. The fraction of sp³-hybridized carbons (Fsp3) is 0.273. The molecule has 1 unspecified atom stereocenters. The molecule has 0 aliphatic rings. The Morgan fingerprint density at radius 2 is 1.82 bits per heavy atom. The van der Waals surface area contributed by atoms with Crippen molar-refractivity contribution >= 4 is 31.9 Å². The summed E-state index contributed by atoms with van der Waals surface area (Å²) in [4.78, 5) is 0. The van der Waals surface area contributed by atoms with Crippen molar-refractivity contribution in [3.8, 4) is 0 Å². The van der Waals surface area contributed by atoms with Gasteiger partial charge in [-0.15, -0.1) is 5.10 Å². The molecule has 0 saturated heterocycles. The third kappa shape index (κ3) is 2.29. The van der Waals surface area contributed by atoms with E-state index in [2.05, 4.69) is 42.2 Å². The third-order valence-corrected chi connectivity index (χ3v) is 3.72. The molecular weight excluding hydrogens is 350 g/mol. The summed E-state index contributed by atoms with van der Waals surface area (Å²) in [5, 5.41) is 18.4. The van der Waals surface area contributed by atoms with Crippen LogP contribution in [-0.2, 0) is 12.6 Å². The average molecular weight is 361 g/mol. The van der Waals surface area contributed by atoms with E-state index < -0.39 is 5.60 Å². The predicted octanol–water partition coefficient (Wildman–Crippen LogP) is 2.60. The lowest BCUT2D eigenvalue weighted by atomic mass is 9.93. The highest BCUT2D eigenvalue weighted by Gasteiger charge is 2.32. The lowest BCUT2D eigenvalue weighted by Crippen LogP contribution is -2.26. The molecule has 0 spiro atoms. The molecule has 0 bridgehead atoms. The minimum Gasteiger partial charge on any atom is -0.379 e. The molecule has 6 heteroatoms. The standard InChI is InChI=1S/C11H11Br2N3O/c1-11(17,7-3-5-8(12)6-4-7)9-10(13)14-15-16(9)2/h3-6,17H,1-2H3. The van der Waals surface area contributed by atoms with Gasteiger partial charge in [-0.05, 0) is 40.5 Å². The Balaban J connectivity index is 2.53. The summed E-state index contributed by atoms with van der Waals surface area (Å²) in [5.74, 6) is 0. The predicted molar refractivity (Wildman–Crippen MR) is 71.5 cm³/mol. The smallest absolute Gasteiger partial charge is 0.154 e. The van der Waals surface area contributed by atoms with Crippen LogP contribution in [0.15, 0.2) is 33.3 Å². The Hall–Kier alpha value is -0.720. The highest BCUT2D eigenvalue weighted by atomic mass is 79.9. The van der Waals surface area contributed by atoms with Crippen molar-refractivity contribution in [2.75, 3.05) is 0 Å². The SMILES string of the molecule is Cn1nnc(Br)c1C(C)(O)c1ccc(Br)cc1. The van der Waals surface area contributed by atoms with Gasteiger partial charge in [0.05, 0.1) is 0 Å². The largest absolute Gasteiger partial charge is 0.379 e. The van der Waals surface area contributed by atoms with Crippen molar-refractivity contribution in [3.05, 3.63) is 44.6 Å². The van der Waals surface area contributed by atoms with Crippen LogP contribution < -0.4 is 0 Å². The molecule has 1 heterocycles. The van der Waals surface area contributed by atoms with E-state index in [-0.39, 0.29) is 0 Å². The molecule has 1 aromatic heterocycles. The molecule has 4 nitrogen and oxygen atoms in total. The number of benzene rings is 1. The molecule has 90 valence electrons. The number of halogens is 2. The number of rotatable bonds is 2. The zero-order valence-corrected chi connectivity index (χ0v) is 12.5. The Bertz CT molecular complexity index is 515. The monoisotopic (exact) mass is 359 g/mol. The van der Waals surface area contributed by atoms with Crippen molar-refractivity contribution in [1.82, 2.24) is 15.0 Å². The summed E-state index contributed by atoms with van der Waals surface area (Å²) in [6.07, 6.45) is 0. The second-order valence-corrected chi connectivity index (χ2v) is 5.60. The van der Waals surface area contributed by atoms with Gasteiger partial charge in [0.2, 0.25) is 0 Å². The number of aryl methyl sites for hydroxylation is 1. The van der Waals surface area contributed by atoms with Crippen molar-refractivity contribution in [2.45, 2.75) is 12.5 Å². The maximum atomic E-state index is 10.7. The van der Waals surface area contributed by atoms with Gasteiger partial charge in [-0.2, -0.15) is 0 Å². The maximum Gasteiger partial charge on any atom is 0.154 e. The number of aliphatic hydroxyl groups is 1. The highest BCUT2D eigenvalue weighted by Crippen LogP contribution is 2.32. The molecule has 0 fully saturated rings. The number of hydrogen-bond donors (Lipinski definition) is 1. The maximum absolute atomic E-state index is 10.7. The molecule has 1 aromatic carbocycles. The Kier molecular flexibility index (Phi) is 3.38. The van der Waals surface area contributed by atoms with Gasteiger partial charge < -0.3 is 5.11 Å². The summed E-state index contributed by atoms with van der Waals surface area (Å²) >= 11 is 6.67. The summed E-state index contributed by atoms with van der Waals surface area (Å²) in [7, 11) is 1.75. The zero-order chi connectivity index (χ0) is 12.6. The van der Waals surface area contributed by atoms with E-state index in [0.717, 1.165) is 10.0 Å². The fourth-order valence-corrected chi connectivity index (χ4v) is 2.74. The van der Waals surface area contributed by atoms with Gasteiger partial charge in [0.25, 0.3) is 0 Å². The topological polar surface area (TPSA) is 50.9 Å². The second kappa shape index (κ2) is 4.51. The van der Waals surface area contributed by atoms with E-state index in [0.29, 0.717) is 10.3 Å². The van der Waals surface area contributed by atoms with Crippen LogP contribution in [0.5, 0.6) is 0 Å². The molecule has 17 heavy (non-hydrogen) atoms. The summed E-state index contributed by atoms with van der Waals surface area (Å²) in [6.45, 7) is 1.72. The molecule has 0 aliphatic carbocycles. The van der Waals surface area contributed by atoms with Crippen LogP contribution in [0.25, 0.3) is 0 Å². The molecule has 0 amide bonds. The van der Waals surface area contributed by atoms with Crippen molar-refractivity contribution in [3.63, 3.8) is 0 Å². The molecule has 1 atom stereocenters. The van der Waals surface area contributed by atoms with Gasteiger partial charge >= 0.3 is 0 Å².